The van der Waals surface area contributed by atoms with Crippen molar-refractivity contribution in [3.8, 4) is 6.07 Å². The lowest BCUT2D eigenvalue weighted by Crippen LogP contribution is -2.27. The Hall–Kier alpha value is -1.28. The molecule has 1 aromatic rings. The number of hydrogen-bond donors (Lipinski definition) is 0. The molecule has 1 heterocycles. The van der Waals surface area contributed by atoms with E-state index in [1.165, 1.54) is 10.2 Å². The van der Waals surface area contributed by atoms with Gasteiger partial charge in [0.2, 0.25) is 10.0 Å². The number of nitriles is 1. The van der Waals surface area contributed by atoms with E-state index in [-0.39, 0.29) is 0 Å². The second-order valence-electron chi connectivity index (χ2n) is 4.97. The van der Waals surface area contributed by atoms with Crippen molar-refractivity contribution < 1.29 is 8.42 Å². The van der Waals surface area contributed by atoms with Crippen molar-refractivity contribution in [2.75, 3.05) is 6.26 Å². The Morgan fingerprint density at radius 1 is 1.53 bits per heavy atom. The molecule has 1 atom stereocenters. The maximum absolute atomic E-state index is 11.8. The molecule has 0 spiro atoms. The molecule has 4 nitrogen and oxygen atoms in total. The highest BCUT2D eigenvalue weighted by atomic mass is 32.2. The molecule has 1 aliphatic carbocycles. The number of hydrogen-bond acceptors (Lipinski definition) is 3. The highest BCUT2D eigenvalue weighted by Crippen LogP contribution is 2.38. The molecule has 0 N–H and O–H groups in total. The van der Waals surface area contributed by atoms with Gasteiger partial charge in [-0.2, -0.15) is 5.26 Å². The first-order valence-electron chi connectivity index (χ1n) is 5.63. The van der Waals surface area contributed by atoms with Gasteiger partial charge in [0.15, 0.2) is 0 Å². The molecule has 2 rings (SSSR count). The SMILES string of the molecule is Cc1cc2c(n1S(C)(=O)=O)CCCC2(C)C#N. The Bertz CT molecular complexity index is 607. The summed E-state index contributed by atoms with van der Waals surface area (Å²) in [6, 6.07) is 4.17. The molecule has 0 aliphatic heterocycles. The fourth-order valence-corrected chi connectivity index (χ4v) is 3.87. The van der Waals surface area contributed by atoms with Crippen molar-refractivity contribution in [1.29, 1.82) is 5.26 Å². The molecule has 17 heavy (non-hydrogen) atoms. The first-order chi connectivity index (χ1) is 7.79. The summed E-state index contributed by atoms with van der Waals surface area (Å²) in [4.78, 5) is 0. The molecule has 0 aromatic carbocycles. The van der Waals surface area contributed by atoms with Gasteiger partial charge in [-0.3, -0.25) is 0 Å². The summed E-state index contributed by atoms with van der Waals surface area (Å²) in [5.74, 6) is 0. The van der Waals surface area contributed by atoms with Crippen molar-refractivity contribution >= 4 is 10.0 Å². The van der Waals surface area contributed by atoms with Crippen LogP contribution in [0.25, 0.3) is 0 Å². The van der Waals surface area contributed by atoms with E-state index in [9.17, 15) is 13.7 Å². The molecule has 1 aliphatic rings. The van der Waals surface area contributed by atoms with Gasteiger partial charge < -0.3 is 0 Å². The number of rotatable bonds is 1. The van der Waals surface area contributed by atoms with Crippen molar-refractivity contribution in [1.82, 2.24) is 3.97 Å². The predicted molar refractivity (Wildman–Crippen MR) is 65.3 cm³/mol. The van der Waals surface area contributed by atoms with Crippen LogP contribution >= 0.6 is 0 Å². The maximum atomic E-state index is 11.8. The van der Waals surface area contributed by atoms with Crippen LogP contribution in [0.1, 0.15) is 36.7 Å². The molecular formula is C12H16N2O2S. The lowest BCUT2D eigenvalue weighted by atomic mass is 9.75. The molecule has 0 fully saturated rings. The van der Waals surface area contributed by atoms with Crippen LogP contribution in [-0.2, 0) is 21.9 Å². The van der Waals surface area contributed by atoms with Crippen LogP contribution in [-0.4, -0.2) is 18.6 Å². The van der Waals surface area contributed by atoms with E-state index >= 15 is 0 Å². The predicted octanol–water partition coefficient (Wildman–Crippen LogP) is 1.72. The summed E-state index contributed by atoms with van der Waals surface area (Å²) in [6.45, 7) is 3.66. The average Bonchev–Trinajstić information content (AvgIpc) is 2.55. The van der Waals surface area contributed by atoms with Crippen molar-refractivity contribution in [2.24, 2.45) is 0 Å². The molecule has 1 aromatic heterocycles. The van der Waals surface area contributed by atoms with E-state index < -0.39 is 15.4 Å². The van der Waals surface area contributed by atoms with Crippen LogP contribution in [0.4, 0.5) is 0 Å². The number of nitrogens with zero attached hydrogens (tertiary/aromatic N) is 2. The monoisotopic (exact) mass is 252 g/mol. The number of fused-ring (bicyclic) bond motifs is 1. The van der Waals surface area contributed by atoms with Crippen LogP contribution < -0.4 is 0 Å². The minimum atomic E-state index is -3.28. The molecule has 0 saturated carbocycles. The topological polar surface area (TPSA) is 62.9 Å². The van der Waals surface area contributed by atoms with Crippen LogP contribution in [0.5, 0.6) is 0 Å². The zero-order chi connectivity index (χ0) is 12.8. The van der Waals surface area contributed by atoms with Crippen LogP contribution in [0.15, 0.2) is 6.07 Å². The standard InChI is InChI=1S/C12H16N2O2S/c1-9-7-10-11(14(9)17(3,15)16)5-4-6-12(10,2)8-13/h7H,4-6H2,1-3H3. The summed E-state index contributed by atoms with van der Waals surface area (Å²) in [5.41, 5.74) is 1.82. The van der Waals surface area contributed by atoms with Gasteiger partial charge in [0, 0.05) is 11.4 Å². The van der Waals surface area contributed by atoms with Gasteiger partial charge in [-0.15, -0.1) is 0 Å². The van der Waals surface area contributed by atoms with Crippen molar-refractivity contribution in [3.05, 3.63) is 23.0 Å². The summed E-state index contributed by atoms with van der Waals surface area (Å²) in [5, 5.41) is 9.29. The number of aryl methyl sites for hydroxylation is 1. The lowest BCUT2D eigenvalue weighted by molar-refractivity contribution is 0.486. The lowest BCUT2D eigenvalue weighted by Gasteiger charge is -2.27. The van der Waals surface area contributed by atoms with E-state index in [0.29, 0.717) is 5.69 Å². The average molecular weight is 252 g/mol. The van der Waals surface area contributed by atoms with Crippen molar-refractivity contribution in [3.63, 3.8) is 0 Å². The summed E-state index contributed by atoms with van der Waals surface area (Å²) in [6.07, 6.45) is 3.59. The van der Waals surface area contributed by atoms with Gasteiger partial charge in [-0.1, -0.05) is 0 Å². The quantitative estimate of drug-likeness (QED) is 0.764. The minimum Gasteiger partial charge on any atom is -0.247 e. The molecular weight excluding hydrogens is 236 g/mol. The normalized spacial score (nSPS) is 24.1. The van der Waals surface area contributed by atoms with E-state index in [0.717, 1.165) is 30.5 Å². The molecule has 1 unspecified atom stereocenters. The van der Waals surface area contributed by atoms with Crippen molar-refractivity contribution in [2.45, 2.75) is 38.5 Å². The fourth-order valence-electron chi connectivity index (χ4n) is 2.71. The molecule has 0 saturated heterocycles. The zero-order valence-electron chi connectivity index (χ0n) is 10.3. The van der Waals surface area contributed by atoms with Crippen LogP contribution in [0.3, 0.4) is 0 Å². The van der Waals surface area contributed by atoms with Gasteiger partial charge in [-0.05, 0) is 44.7 Å². The third-order valence-electron chi connectivity index (χ3n) is 3.49. The maximum Gasteiger partial charge on any atom is 0.236 e. The fraction of sp³-hybridized carbons (Fsp3) is 0.583. The molecule has 0 bridgehead atoms. The molecule has 0 radical (unpaired) electrons. The first-order valence-corrected chi connectivity index (χ1v) is 7.48. The smallest absolute Gasteiger partial charge is 0.236 e. The molecule has 0 amide bonds. The third kappa shape index (κ3) is 1.77. The zero-order valence-corrected chi connectivity index (χ0v) is 11.1. The van der Waals surface area contributed by atoms with Gasteiger partial charge in [0.25, 0.3) is 0 Å². The summed E-state index contributed by atoms with van der Waals surface area (Å²) in [7, 11) is -3.28. The largest absolute Gasteiger partial charge is 0.247 e. The second-order valence-corrected chi connectivity index (χ2v) is 6.80. The Balaban J connectivity index is 2.75. The highest BCUT2D eigenvalue weighted by Gasteiger charge is 2.36. The molecule has 92 valence electrons. The van der Waals surface area contributed by atoms with E-state index in [2.05, 4.69) is 6.07 Å². The Morgan fingerprint density at radius 2 is 2.18 bits per heavy atom. The number of aromatic nitrogens is 1. The van der Waals surface area contributed by atoms with E-state index in [1.54, 1.807) is 6.92 Å². The summed E-state index contributed by atoms with van der Waals surface area (Å²) < 4.78 is 24.9. The second kappa shape index (κ2) is 3.61. The summed E-state index contributed by atoms with van der Waals surface area (Å²) >= 11 is 0. The Kier molecular flexibility index (Phi) is 2.58. The van der Waals surface area contributed by atoms with Crippen LogP contribution in [0, 0.1) is 18.3 Å². The third-order valence-corrected chi connectivity index (χ3v) is 4.66. The van der Waals surface area contributed by atoms with Gasteiger partial charge in [0.1, 0.15) is 0 Å². The van der Waals surface area contributed by atoms with Gasteiger partial charge in [-0.25, -0.2) is 12.4 Å². The Labute approximate surface area is 102 Å². The van der Waals surface area contributed by atoms with Crippen LogP contribution in [0.2, 0.25) is 0 Å². The molecule has 5 heteroatoms. The Morgan fingerprint density at radius 3 is 2.71 bits per heavy atom. The first kappa shape index (κ1) is 12.2. The van der Waals surface area contributed by atoms with E-state index in [1.807, 2.05) is 13.0 Å². The minimum absolute atomic E-state index is 0.547. The highest BCUT2D eigenvalue weighted by molar-refractivity contribution is 7.89. The van der Waals surface area contributed by atoms with Gasteiger partial charge >= 0.3 is 0 Å². The van der Waals surface area contributed by atoms with Gasteiger partial charge in [0.05, 0.1) is 17.7 Å². The van der Waals surface area contributed by atoms with E-state index in [4.69, 9.17) is 0 Å².